The third kappa shape index (κ3) is 4.19. The van der Waals surface area contributed by atoms with Crippen molar-refractivity contribution in [3.8, 4) is 0 Å². The van der Waals surface area contributed by atoms with Crippen LogP contribution in [0.3, 0.4) is 0 Å². The van der Waals surface area contributed by atoms with Crippen molar-refractivity contribution in [2.45, 2.75) is 31.5 Å². The molecular formula is C21H23F3N4O2S. The van der Waals surface area contributed by atoms with Crippen LogP contribution >= 0.6 is 0 Å². The SMILES string of the molecule is Cc1ccn2c(CN3CCN(S(=O)(=O)c4ccccc4C(F)(F)F)CC3)c(C)nc2c1. The molecule has 0 spiro atoms. The van der Waals surface area contributed by atoms with Crippen molar-refractivity contribution in [2.75, 3.05) is 26.2 Å². The first-order chi connectivity index (χ1) is 14.6. The number of sulfonamides is 1. The summed E-state index contributed by atoms with van der Waals surface area (Å²) in [5, 5.41) is 0. The van der Waals surface area contributed by atoms with Gasteiger partial charge in [-0.1, -0.05) is 12.1 Å². The zero-order valence-corrected chi connectivity index (χ0v) is 18.0. The summed E-state index contributed by atoms with van der Waals surface area (Å²) in [5.41, 5.74) is 2.77. The minimum Gasteiger partial charge on any atom is -0.302 e. The third-order valence-electron chi connectivity index (χ3n) is 5.60. The molecule has 0 atom stereocenters. The van der Waals surface area contributed by atoms with Crippen LogP contribution in [0.25, 0.3) is 5.65 Å². The summed E-state index contributed by atoms with van der Waals surface area (Å²) < 4.78 is 69.0. The van der Waals surface area contributed by atoms with E-state index < -0.39 is 26.7 Å². The molecule has 10 heteroatoms. The van der Waals surface area contributed by atoms with E-state index in [9.17, 15) is 21.6 Å². The maximum atomic E-state index is 13.3. The molecule has 0 aliphatic carbocycles. The molecule has 0 amide bonds. The molecule has 0 bridgehead atoms. The molecule has 1 aliphatic heterocycles. The number of fused-ring (bicyclic) bond motifs is 1. The Morgan fingerprint density at radius 3 is 2.39 bits per heavy atom. The number of nitrogens with zero attached hydrogens (tertiary/aromatic N) is 4. The molecule has 0 unspecified atom stereocenters. The van der Waals surface area contributed by atoms with Gasteiger partial charge in [0.2, 0.25) is 10.0 Å². The summed E-state index contributed by atoms with van der Waals surface area (Å²) in [4.78, 5) is 5.99. The highest BCUT2D eigenvalue weighted by molar-refractivity contribution is 7.89. The number of halogens is 3. The van der Waals surface area contributed by atoms with Crippen molar-refractivity contribution in [1.29, 1.82) is 0 Å². The number of imidazole rings is 1. The first-order valence-electron chi connectivity index (χ1n) is 9.90. The van der Waals surface area contributed by atoms with Gasteiger partial charge in [-0.3, -0.25) is 4.90 Å². The van der Waals surface area contributed by atoms with Gasteiger partial charge in [0.1, 0.15) is 5.65 Å². The van der Waals surface area contributed by atoms with Gasteiger partial charge in [-0.2, -0.15) is 17.5 Å². The summed E-state index contributed by atoms with van der Waals surface area (Å²) in [6, 6.07) is 8.33. The number of hydrogen-bond acceptors (Lipinski definition) is 4. The maximum absolute atomic E-state index is 13.3. The Kier molecular flexibility index (Phi) is 5.57. The second-order valence-corrected chi connectivity index (χ2v) is 9.66. The molecule has 0 saturated carbocycles. The monoisotopic (exact) mass is 452 g/mol. The predicted molar refractivity (Wildman–Crippen MR) is 110 cm³/mol. The summed E-state index contributed by atoms with van der Waals surface area (Å²) in [5.74, 6) is 0. The highest BCUT2D eigenvalue weighted by Gasteiger charge is 2.39. The van der Waals surface area contributed by atoms with Crippen LogP contribution in [0.1, 0.15) is 22.5 Å². The van der Waals surface area contributed by atoms with Crippen molar-refractivity contribution in [3.63, 3.8) is 0 Å². The Morgan fingerprint density at radius 2 is 1.71 bits per heavy atom. The average molecular weight is 453 g/mol. The zero-order valence-electron chi connectivity index (χ0n) is 17.2. The zero-order chi connectivity index (χ0) is 22.4. The summed E-state index contributed by atoms with van der Waals surface area (Å²) in [6.45, 7) is 5.63. The molecule has 1 fully saturated rings. The van der Waals surface area contributed by atoms with Crippen LogP contribution in [-0.2, 0) is 22.7 Å². The first kappa shape index (κ1) is 21.8. The molecule has 166 valence electrons. The van der Waals surface area contributed by atoms with E-state index in [4.69, 9.17) is 0 Å². The Balaban J connectivity index is 1.50. The van der Waals surface area contributed by atoms with Crippen LogP contribution < -0.4 is 0 Å². The standard InChI is InChI=1S/C21H23F3N4O2S/c1-15-7-8-28-18(16(2)25-20(28)13-15)14-26-9-11-27(12-10-26)31(29,30)19-6-4-3-5-17(19)21(22,23)24/h3-8,13H,9-12,14H2,1-2H3. The van der Waals surface area contributed by atoms with Crippen LogP contribution in [0.2, 0.25) is 0 Å². The number of aryl methyl sites for hydroxylation is 2. The Labute approximate surface area is 179 Å². The van der Waals surface area contributed by atoms with Crippen molar-refractivity contribution in [1.82, 2.24) is 18.6 Å². The summed E-state index contributed by atoms with van der Waals surface area (Å²) >= 11 is 0. The molecule has 2 aromatic heterocycles. The van der Waals surface area contributed by atoms with Gasteiger partial charge >= 0.3 is 6.18 Å². The number of pyridine rings is 1. The highest BCUT2D eigenvalue weighted by atomic mass is 32.2. The smallest absolute Gasteiger partial charge is 0.302 e. The third-order valence-corrected chi connectivity index (χ3v) is 7.55. The molecule has 1 aliphatic rings. The fraction of sp³-hybridized carbons (Fsp3) is 0.381. The van der Waals surface area contributed by atoms with Crippen LogP contribution in [0, 0.1) is 13.8 Å². The van der Waals surface area contributed by atoms with E-state index in [2.05, 4.69) is 9.88 Å². The van der Waals surface area contributed by atoms with E-state index in [0.29, 0.717) is 19.6 Å². The van der Waals surface area contributed by atoms with Crippen molar-refractivity contribution >= 4 is 15.7 Å². The molecule has 3 heterocycles. The number of rotatable bonds is 4. The lowest BCUT2D eigenvalue weighted by atomic mass is 10.2. The van der Waals surface area contributed by atoms with Gasteiger partial charge in [-0.15, -0.1) is 0 Å². The first-order valence-corrected chi connectivity index (χ1v) is 11.3. The van der Waals surface area contributed by atoms with Crippen LogP contribution in [0.4, 0.5) is 13.2 Å². The minimum atomic E-state index is -4.73. The van der Waals surface area contributed by atoms with E-state index in [1.54, 1.807) is 0 Å². The lowest BCUT2D eigenvalue weighted by Gasteiger charge is -2.34. The summed E-state index contributed by atoms with van der Waals surface area (Å²) in [7, 11) is -4.24. The normalized spacial score (nSPS) is 16.8. The van der Waals surface area contributed by atoms with Gasteiger partial charge < -0.3 is 4.40 Å². The molecule has 1 aromatic carbocycles. The minimum absolute atomic E-state index is 0.128. The number of aromatic nitrogens is 2. The van der Waals surface area contributed by atoms with E-state index in [-0.39, 0.29) is 13.1 Å². The van der Waals surface area contributed by atoms with Gasteiger partial charge in [-0.25, -0.2) is 13.4 Å². The van der Waals surface area contributed by atoms with Crippen LogP contribution in [0.15, 0.2) is 47.5 Å². The summed E-state index contributed by atoms with van der Waals surface area (Å²) in [6.07, 6.45) is -2.76. The lowest BCUT2D eigenvalue weighted by molar-refractivity contribution is -0.139. The maximum Gasteiger partial charge on any atom is 0.417 e. The molecular weight excluding hydrogens is 429 g/mol. The molecule has 31 heavy (non-hydrogen) atoms. The number of alkyl halides is 3. The fourth-order valence-corrected chi connectivity index (χ4v) is 5.54. The van der Waals surface area contributed by atoms with E-state index in [0.717, 1.165) is 39.0 Å². The van der Waals surface area contributed by atoms with Crippen LogP contribution in [-0.4, -0.2) is 53.2 Å². The van der Waals surface area contributed by atoms with Crippen molar-refractivity contribution < 1.29 is 21.6 Å². The van der Waals surface area contributed by atoms with Crippen molar-refractivity contribution in [2.24, 2.45) is 0 Å². The van der Waals surface area contributed by atoms with Crippen molar-refractivity contribution in [3.05, 3.63) is 65.1 Å². The topological polar surface area (TPSA) is 57.9 Å². The Bertz CT molecular complexity index is 1210. The number of benzene rings is 1. The van der Waals surface area contributed by atoms with E-state index >= 15 is 0 Å². The fourth-order valence-electron chi connectivity index (χ4n) is 3.91. The second-order valence-electron chi connectivity index (χ2n) is 7.75. The highest BCUT2D eigenvalue weighted by Crippen LogP contribution is 2.35. The molecule has 6 nitrogen and oxygen atoms in total. The van der Waals surface area contributed by atoms with E-state index in [1.807, 2.05) is 36.6 Å². The molecule has 4 rings (SSSR count). The van der Waals surface area contributed by atoms with E-state index in [1.165, 1.54) is 12.1 Å². The molecule has 0 radical (unpaired) electrons. The molecule has 0 N–H and O–H groups in total. The second kappa shape index (κ2) is 7.92. The number of piperazine rings is 1. The Morgan fingerprint density at radius 1 is 1.03 bits per heavy atom. The molecule has 3 aromatic rings. The van der Waals surface area contributed by atoms with Gasteiger partial charge in [0.25, 0.3) is 0 Å². The van der Waals surface area contributed by atoms with Gasteiger partial charge in [0.05, 0.1) is 21.8 Å². The largest absolute Gasteiger partial charge is 0.417 e. The van der Waals surface area contributed by atoms with Gasteiger partial charge in [0.15, 0.2) is 0 Å². The quantitative estimate of drug-likeness (QED) is 0.608. The average Bonchev–Trinajstić information content (AvgIpc) is 3.02. The lowest BCUT2D eigenvalue weighted by Crippen LogP contribution is -2.48. The molecule has 1 saturated heterocycles. The van der Waals surface area contributed by atoms with Crippen LogP contribution in [0.5, 0.6) is 0 Å². The Hall–Kier alpha value is -2.43. The van der Waals surface area contributed by atoms with Gasteiger partial charge in [0, 0.05) is 38.9 Å². The van der Waals surface area contributed by atoms with Gasteiger partial charge in [-0.05, 0) is 43.7 Å². The number of hydrogen-bond donors (Lipinski definition) is 0. The predicted octanol–water partition coefficient (Wildman–Crippen LogP) is 3.48.